The number of anilines is 3. The number of hydrogen-bond acceptors (Lipinski definition) is 9. The molecular weight excluding hydrogens is 422 g/mol. The summed E-state index contributed by atoms with van der Waals surface area (Å²) in [5.74, 6) is -0.604. The second kappa shape index (κ2) is 9.39. The molecule has 4 rings (SSSR count). The van der Waals surface area contributed by atoms with Gasteiger partial charge in [-0.05, 0) is 26.7 Å². The molecule has 1 fully saturated rings. The lowest BCUT2D eigenvalue weighted by Crippen LogP contribution is -2.37. The Morgan fingerprint density at radius 1 is 1.19 bits per heavy atom. The maximum absolute atomic E-state index is 15.4. The van der Waals surface area contributed by atoms with Crippen LogP contribution in [0.15, 0.2) is 18.5 Å². The van der Waals surface area contributed by atoms with E-state index in [0.717, 1.165) is 30.9 Å². The predicted octanol–water partition coefficient (Wildman–Crippen LogP) is 3.08. The molecule has 0 spiro atoms. The van der Waals surface area contributed by atoms with Crippen LogP contribution in [-0.4, -0.2) is 56.4 Å². The monoisotopic (exact) mass is 446 g/mol. The number of nitrogens with one attached hydrogen (secondary N) is 2. The summed E-state index contributed by atoms with van der Waals surface area (Å²) in [6.07, 6.45) is 2.90. The summed E-state index contributed by atoms with van der Waals surface area (Å²) in [5.41, 5.74) is 0.843. The molecule has 1 aliphatic rings. The van der Waals surface area contributed by atoms with Gasteiger partial charge in [-0.3, -0.25) is 5.10 Å². The number of halogens is 2. The van der Waals surface area contributed by atoms with Crippen LogP contribution in [0.25, 0.3) is 0 Å². The third-order valence-corrected chi connectivity index (χ3v) is 5.12. The van der Waals surface area contributed by atoms with Gasteiger partial charge in [-0.2, -0.15) is 19.5 Å². The van der Waals surface area contributed by atoms with Gasteiger partial charge in [-0.1, -0.05) is 0 Å². The summed E-state index contributed by atoms with van der Waals surface area (Å²) >= 11 is 0. The van der Waals surface area contributed by atoms with Crippen LogP contribution < -0.4 is 15.0 Å². The zero-order valence-corrected chi connectivity index (χ0v) is 18.0. The Bertz CT molecular complexity index is 1050. The van der Waals surface area contributed by atoms with Gasteiger partial charge in [0.25, 0.3) is 5.88 Å². The number of nitrogens with zero attached hydrogens (tertiary/aromatic N) is 6. The summed E-state index contributed by atoms with van der Waals surface area (Å²) in [6.45, 7) is 4.63. The van der Waals surface area contributed by atoms with Crippen LogP contribution in [0.1, 0.15) is 37.4 Å². The van der Waals surface area contributed by atoms with Crippen LogP contribution in [0.3, 0.4) is 0 Å². The first-order valence-electron chi connectivity index (χ1n) is 10.2. The van der Waals surface area contributed by atoms with Crippen LogP contribution >= 0.6 is 0 Å². The standard InChI is InChI=1S/C20H24F2N8O2/c1-11-8-15(29-28-11)25-20-26-18(30-6-4-14(31-3)5-7-30)16(22)19(27-20)32-12(2)17-23-9-13(21)10-24-17/h8-10,12,14H,4-7H2,1-3H3,(H2,25,26,27,28,29). The predicted molar refractivity (Wildman–Crippen MR) is 112 cm³/mol. The highest BCUT2D eigenvalue weighted by atomic mass is 19.1. The van der Waals surface area contributed by atoms with Crippen LogP contribution in [-0.2, 0) is 4.74 Å². The summed E-state index contributed by atoms with van der Waals surface area (Å²) < 4.78 is 39.7. The Hall–Kier alpha value is -3.41. The Morgan fingerprint density at radius 2 is 1.91 bits per heavy atom. The fourth-order valence-corrected chi connectivity index (χ4v) is 3.41. The van der Waals surface area contributed by atoms with Crippen molar-refractivity contribution in [3.63, 3.8) is 0 Å². The van der Waals surface area contributed by atoms with Crippen molar-refractivity contribution in [1.29, 1.82) is 0 Å². The van der Waals surface area contributed by atoms with Gasteiger partial charge < -0.3 is 19.7 Å². The molecule has 1 unspecified atom stereocenters. The quantitative estimate of drug-likeness (QED) is 0.565. The molecule has 1 atom stereocenters. The topological polar surface area (TPSA) is 114 Å². The second-order valence-corrected chi connectivity index (χ2v) is 7.49. The largest absolute Gasteiger partial charge is 0.464 e. The van der Waals surface area contributed by atoms with Crippen molar-refractivity contribution in [3.05, 3.63) is 41.6 Å². The average Bonchev–Trinajstić information content (AvgIpc) is 3.20. The first-order chi connectivity index (χ1) is 15.4. The smallest absolute Gasteiger partial charge is 0.258 e. The van der Waals surface area contributed by atoms with Gasteiger partial charge in [0.15, 0.2) is 29.4 Å². The molecular formula is C20H24F2N8O2. The normalized spacial score (nSPS) is 15.6. The minimum atomic E-state index is -0.771. The molecule has 170 valence electrons. The Kier molecular flexibility index (Phi) is 6.40. The average molecular weight is 446 g/mol. The summed E-state index contributed by atoms with van der Waals surface area (Å²) in [5, 5.41) is 9.89. The number of H-pyrrole nitrogens is 1. The molecule has 12 heteroatoms. The molecule has 1 aliphatic heterocycles. The maximum Gasteiger partial charge on any atom is 0.258 e. The highest BCUT2D eigenvalue weighted by Gasteiger charge is 2.27. The molecule has 32 heavy (non-hydrogen) atoms. The van der Waals surface area contributed by atoms with Crippen molar-refractivity contribution in [1.82, 2.24) is 30.1 Å². The lowest BCUT2D eigenvalue weighted by Gasteiger charge is -2.32. The van der Waals surface area contributed by atoms with Crippen molar-refractivity contribution in [2.24, 2.45) is 0 Å². The lowest BCUT2D eigenvalue weighted by atomic mass is 10.1. The van der Waals surface area contributed by atoms with E-state index >= 15 is 4.39 Å². The summed E-state index contributed by atoms with van der Waals surface area (Å²) in [7, 11) is 1.67. The minimum absolute atomic E-state index is 0.117. The fraction of sp³-hybridized carbons (Fsp3) is 0.450. The van der Waals surface area contributed by atoms with Crippen molar-refractivity contribution < 1.29 is 18.3 Å². The van der Waals surface area contributed by atoms with E-state index in [4.69, 9.17) is 9.47 Å². The molecule has 0 amide bonds. The molecule has 4 heterocycles. The van der Waals surface area contributed by atoms with Gasteiger partial charge in [0.1, 0.15) is 0 Å². The van der Waals surface area contributed by atoms with Crippen molar-refractivity contribution in [2.75, 3.05) is 30.4 Å². The molecule has 0 radical (unpaired) electrons. The molecule has 10 nitrogen and oxygen atoms in total. The van der Waals surface area contributed by atoms with E-state index in [-0.39, 0.29) is 29.6 Å². The van der Waals surface area contributed by atoms with Gasteiger partial charge in [0.2, 0.25) is 11.8 Å². The number of aromatic nitrogens is 6. The van der Waals surface area contributed by atoms with Gasteiger partial charge in [0.05, 0.1) is 18.5 Å². The van der Waals surface area contributed by atoms with Crippen LogP contribution in [0.5, 0.6) is 5.88 Å². The van der Waals surface area contributed by atoms with E-state index < -0.39 is 17.7 Å². The van der Waals surface area contributed by atoms with E-state index in [1.54, 1.807) is 20.1 Å². The maximum atomic E-state index is 15.4. The van der Waals surface area contributed by atoms with Gasteiger partial charge in [-0.15, -0.1) is 0 Å². The minimum Gasteiger partial charge on any atom is -0.464 e. The fourth-order valence-electron chi connectivity index (χ4n) is 3.41. The van der Waals surface area contributed by atoms with Gasteiger partial charge in [0, 0.05) is 32.0 Å². The number of hydrogen-bond donors (Lipinski definition) is 2. The van der Waals surface area contributed by atoms with Crippen LogP contribution in [0.4, 0.5) is 26.4 Å². The molecule has 2 N–H and O–H groups in total. The number of aryl methyl sites for hydroxylation is 1. The number of ether oxygens (including phenoxy) is 2. The summed E-state index contributed by atoms with van der Waals surface area (Å²) in [4.78, 5) is 18.2. The second-order valence-electron chi connectivity index (χ2n) is 7.49. The van der Waals surface area contributed by atoms with E-state index in [0.29, 0.717) is 18.9 Å². The van der Waals surface area contributed by atoms with Gasteiger partial charge >= 0.3 is 0 Å². The van der Waals surface area contributed by atoms with Crippen LogP contribution in [0.2, 0.25) is 0 Å². The van der Waals surface area contributed by atoms with Crippen molar-refractivity contribution in [3.8, 4) is 5.88 Å². The number of rotatable bonds is 7. The van der Waals surface area contributed by atoms with E-state index in [1.807, 2.05) is 11.8 Å². The zero-order chi connectivity index (χ0) is 22.7. The first kappa shape index (κ1) is 21.8. The molecule has 3 aromatic rings. The number of aromatic amines is 1. The molecule has 1 saturated heterocycles. The third-order valence-electron chi connectivity index (χ3n) is 5.12. The highest BCUT2D eigenvalue weighted by molar-refractivity contribution is 5.54. The van der Waals surface area contributed by atoms with Crippen molar-refractivity contribution in [2.45, 2.75) is 38.9 Å². The number of piperidine rings is 1. The zero-order valence-electron chi connectivity index (χ0n) is 18.0. The van der Waals surface area contributed by atoms with E-state index in [1.165, 1.54) is 0 Å². The van der Waals surface area contributed by atoms with E-state index in [9.17, 15) is 4.39 Å². The summed E-state index contributed by atoms with van der Waals surface area (Å²) in [6, 6.07) is 1.77. The van der Waals surface area contributed by atoms with Gasteiger partial charge in [-0.25, -0.2) is 14.4 Å². The third kappa shape index (κ3) is 4.90. The Morgan fingerprint density at radius 3 is 2.53 bits per heavy atom. The Labute approximate surface area is 183 Å². The SMILES string of the molecule is COC1CCN(c2nc(Nc3cc(C)[nH]n3)nc(OC(C)c3ncc(F)cn3)c2F)CC1. The first-order valence-corrected chi connectivity index (χ1v) is 10.2. The van der Waals surface area contributed by atoms with E-state index in [2.05, 4.69) is 35.5 Å². The molecule has 0 aliphatic carbocycles. The highest BCUT2D eigenvalue weighted by Crippen LogP contribution is 2.31. The molecule has 0 bridgehead atoms. The lowest BCUT2D eigenvalue weighted by molar-refractivity contribution is 0.0816. The molecule has 3 aromatic heterocycles. The molecule has 0 saturated carbocycles. The molecule has 0 aromatic carbocycles. The number of methoxy groups -OCH3 is 1. The van der Waals surface area contributed by atoms with Crippen molar-refractivity contribution >= 4 is 17.6 Å². The Balaban J connectivity index is 1.64. The van der Waals surface area contributed by atoms with Crippen LogP contribution in [0, 0.1) is 18.6 Å².